The van der Waals surface area contributed by atoms with E-state index in [0.717, 1.165) is 25.2 Å². The molecule has 4 atom stereocenters. The van der Waals surface area contributed by atoms with Crippen LogP contribution in [-0.4, -0.2) is 28.6 Å². The van der Waals surface area contributed by atoms with Gasteiger partial charge in [0, 0.05) is 6.04 Å². The smallest absolute Gasteiger partial charge is 0.244 e. The van der Waals surface area contributed by atoms with Crippen LogP contribution in [0.4, 0.5) is 0 Å². The van der Waals surface area contributed by atoms with Crippen LogP contribution in [0.15, 0.2) is 0 Å². The van der Waals surface area contributed by atoms with Crippen LogP contribution in [0.25, 0.3) is 0 Å². The highest BCUT2D eigenvalue weighted by Gasteiger charge is 2.60. The first-order chi connectivity index (χ1) is 8.59. The van der Waals surface area contributed by atoms with Gasteiger partial charge in [0.25, 0.3) is 0 Å². The molecule has 0 radical (unpaired) electrons. The van der Waals surface area contributed by atoms with E-state index in [0.29, 0.717) is 17.9 Å². The van der Waals surface area contributed by atoms with Crippen molar-refractivity contribution in [2.45, 2.75) is 77.0 Å². The van der Waals surface area contributed by atoms with Crippen molar-refractivity contribution < 1.29 is 4.79 Å². The Bertz CT molecular complexity index is 350. The van der Waals surface area contributed by atoms with E-state index in [2.05, 4.69) is 31.0 Å². The summed E-state index contributed by atoms with van der Waals surface area (Å²) < 4.78 is 0. The fraction of sp³-hybridized carbons (Fsp3) is 0.933. The standard InChI is InChI=1S/C15H26N2O/c1-4-13-16-15(8-9-15)14(18)17(13)12-7-5-6-10(2)11(12)3/h10-13,16H,4-9H2,1-3H3. The van der Waals surface area contributed by atoms with Crippen LogP contribution in [0.1, 0.15) is 59.3 Å². The molecule has 102 valence electrons. The Morgan fingerprint density at radius 3 is 2.67 bits per heavy atom. The van der Waals surface area contributed by atoms with E-state index in [9.17, 15) is 4.79 Å². The lowest BCUT2D eigenvalue weighted by atomic mass is 9.77. The molecule has 3 fully saturated rings. The van der Waals surface area contributed by atoms with Gasteiger partial charge in [-0.2, -0.15) is 0 Å². The Balaban J connectivity index is 1.83. The van der Waals surface area contributed by atoms with E-state index in [4.69, 9.17) is 0 Å². The number of carbonyl (C=O) groups is 1. The third-order valence-electron chi connectivity index (χ3n) is 5.58. The van der Waals surface area contributed by atoms with Crippen LogP contribution in [-0.2, 0) is 4.79 Å². The molecule has 0 aromatic carbocycles. The maximum Gasteiger partial charge on any atom is 0.244 e. The predicted molar refractivity (Wildman–Crippen MR) is 72.0 cm³/mol. The monoisotopic (exact) mass is 250 g/mol. The average Bonchev–Trinajstić information content (AvgIpc) is 3.08. The number of hydrogen-bond acceptors (Lipinski definition) is 2. The van der Waals surface area contributed by atoms with Crippen LogP contribution >= 0.6 is 0 Å². The van der Waals surface area contributed by atoms with Crippen molar-refractivity contribution in [1.29, 1.82) is 0 Å². The Kier molecular flexibility index (Phi) is 2.92. The largest absolute Gasteiger partial charge is 0.322 e. The van der Waals surface area contributed by atoms with Gasteiger partial charge in [-0.3, -0.25) is 10.1 Å². The summed E-state index contributed by atoms with van der Waals surface area (Å²) in [6, 6.07) is 0.471. The minimum Gasteiger partial charge on any atom is -0.322 e. The van der Waals surface area contributed by atoms with Crippen molar-refractivity contribution in [2.75, 3.05) is 0 Å². The van der Waals surface area contributed by atoms with Gasteiger partial charge in [0.05, 0.1) is 11.7 Å². The van der Waals surface area contributed by atoms with Crippen LogP contribution < -0.4 is 5.32 Å². The molecular weight excluding hydrogens is 224 g/mol. The van der Waals surface area contributed by atoms with Crippen LogP contribution in [0.3, 0.4) is 0 Å². The quantitative estimate of drug-likeness (QED) is 0.816. The lowest BCUT2D eigenvalue weighted by Gasteiger charge is -2.42. The van der Waals surface area contributed by atoms with Crippen LogP contribution in [0.5, 0.6) is 0 Å². The first kappa shape index (κ1) is 12.5. The normalized spacial score (nSPS) is 42.6. The summed E-state index contributed by atoms with van der Waals surface area (Å²) in [5.41, 5.74) is -0.138. The molecule has 3 nitrogen and oxygen atoms in total. The highest BCUT2D eigenvalue weighted by atomic mass is 16.2. The van der Waals surface area contributed by atoms with Gasteiger partial charge in [0.1, 0.15) is 0 Å². The summed E-state index contributed by atoms with van der Waals surface area (Å²) in [5.74, 6) is 1.80. The van der Waals surface area contributed by atoms with Gasteiger partial charge in [-0.25, -0.2) is 0 Å². The summed E-state index contributed by atoms with van der Waals surface area (Å²) >= 11 is 0. The number of rotatable bonds is 2. The minimum absolute atomic E-state index is 0.138. The van der Waals surface area contributed by atoms with Crippen molar-refractivity contribution in [3.8, 4) is 0 Å². The fourth-order valence-corrected chi connectivity index (χ4v) is 3.95. The third-order valence-corrected chi connectivity index (χ3v) is 5.58. The molecule has 0 aromatic rings. The number of nitrogens with zero attached hydrogens (tertiary/aromatic N) is 1. The lowest BCUT2D eigenvalue weighted by molar-refractivity contribution is -0.135. The van der Waals surface area contributed by atoms with Gasteiger partial charge >= 0.3 is 0 Å². The molecule has 3 heteroatoms. The molecule has 1 amide bonds. The topological polar surface area (TPSA) is 32.3 Å². The summed E-state index contributed by atoms with van der Waals surface area (Å²) in [6.07, 6.45) is 7.23. The maximum atomic E-state index is 12.7. The summed E-state index contributed by atoms with van der Waals surface area (Å²) in [7, 11) is 0. The van der Waals surface area contributed by atoms with E-state index in [1.165, 1.54) is 19.3 Å². The zero-order chi connectivity index (χ0) is 12.9. The van der Waals surface area contributed by atoms with E-state index < -0.39 is 0 Å². The summed E-state index contributed by atoms with van der Waals surface area (Å²) in [4.78, 5) is 14.9. The number of amides is 1. The Hall–Kier alpha value is -0.570. The van der Waals surface area contributed by atoms with Gasteiger partial charge in [-0.05, 0) is 37.5 Å². The zero-order valence-corrected chi connectivity index (χ0v) is 11.9. The third kappa shape index (κ3) is 1.70. The van der Waals surface area contributed by atoms with E-state index in [1.807, 2.05) is 0 Å². The average molecular weight is 250 g/mol. The van der Waals surface area contributed by atoms with Gasteiger partial charge < -0.3 is 4.90 Å². The second-order valence-electron chi connectivity index (χ2n) is 6.70. The molecule has 18 heavy (non-hydrogen) atoms. The maximum absolute atomic E-state index is 12.7. The zero-order valence-electron chi connectivity index (χ0n) is 11.9. The predicted octanol–water partition coefficient (Wildman–Crippen LogP) is 2.51. The van der Waals surface area contributed by atoms with Crippen LogP contribution in [0, 0.1) is 11.8 Å². The number of carbonyl (C=O) groups excluding carboxylic acids is 1. The molecule has 3 rings (SSSR count). The van der Waals surface area contributed by atoms with Gasteiger partial charge in [-0.1, -0.05) is 33.6 Å². The van der Waals surface area contributed by atoms with E-state index >= 15 is 0 Å². The second kappa shape index (κ2) is 4.22. The first-order valence-corrected chi connectivity index (χ1v) is 7.69. The Morgan fingerprint density at radius 2 is 2.06 bits per heavy atom. The number of hydrogen-bond donors (Lipinski definition) is 1. The number of nitrogens with one attached hydrogen (secondary N) is 1. The molecule has 0 bridgehead atoms. The molecule has 3 aliphatic rings. The molecule has 0 aromatic heterocycles. The molecule has 1 N–H and O–H groups in total. The molecule has 2 saturated carbocycles. The molecule has 4 unspecified atom stereocenters. The molecular formula is C15H26N2O. The fourth-order valence-electron chi connectivity index (χ4n) is 3.95. The van der Waals surface area contributed by atoms with Gasteiger partial charge in [-0.15, -0.1) is 0 Å². The van der Waals surface area contributed by atoms with Gasteiger partial charge in [0.15, 0.2) is 0 Å². The Labute approximate surface area is 110 Å². The molecule has 2 aliphatic carbocycles. The van der Waals surface area contributed by atoms with Crippen molar-refractivity contribution in [3.05, 3.63) is 0 Å². The summed E-state index contributed by atoms with van der Waals surface area (Å²) in [5, 5.41) is 3.60. The SMILES string of the molecule is CCC1NC2(CC2)C(=O)N1C1CCCC(C)C1C. The molecule has 1 spiro atoms. The highest BCUT2D eigenvalue weighted by molar-refractivity contribution is 5.92. The van der Waals surface area contributed by atoms with Crippen molar-refractivity contribution in [3.63, 3.8) is 0 Å². The van der Waals surface area contributed by atoms with Gasteiger partial charge in [0.2, 0.25) is 5.91 Å². The van der Waals surface area contributed by atoms with Crippen molar-refractivity contribution >= 4 is 5.91 Å². The van der Waals surface area contributed by atoms with Crippen LogP contribution in [0.2, 0.25) is 0 Å². The highest BCUT2D eigenvalue weighted by Crippen LogP contribution is 2.45. The van der Waals surface area contributed by atoms with Crippen molar-refractivity contribution in [2.24, 2.45) is 11.8 Å². The molecule has 1 heterocycles. The van der Waals surface area contributed by atoms with E-state index in [1.54, 1.807) is 0 Å². The van der Waals surface area contributed by atoms with Crippen molar-refractivity contribution in [1.82, 2.24) is 10.2 Å². The molecule has 1 saturated heterocycles. The van der Waals surface area contributed by atoms with E-state index in [-0.39, 0.29) is 11.7 Å². The summed E-state index contributed by atoms with van der Waals surface area (Å²) in [6.45, 7) is 6.88. The lowest BCUT2D eigenvalue weighted by Crippen LogP contribution is -2.50. The molecule has 1 aliphatic heterocycles. The minimum atomic E-state index is -0.138. The Morgan fingerprint density at radius 1 is 1.33 bits per heavy atom. The first-order valence-electron chi connectivity index (χ1n) is 7.69. The second-order valence-corrected chi connectivity index (χ2v) is 6.70.